The fourth-order valence-corrected chi connectivity index (χ4v) is 0.553. The van der Waals surface area contributed by atoms with Gasteiger partial charge < -0.3 is 4.74 Å². The molecule has 61 valence electrons. The molecule has 0 atom stereocenters. The number of unbranched alkanes of at least 4 members (excludes halogenated alkanes) is 1. The summed E-state index contributed by atoms with van der Waals surface area (Å²) in [7, 11) is 0. The number of ether oxygens (including phenoxy) is 1. The second-order valence-electron chi connectivity index (χ2n) is 3.17. The normalized spacial score (nSPS) is 12.0. The highest BCUT2D eigenvalue weighted by Gasteiger charge is 2.13. The lowest BCUT2D eigenvalue weighted by molar-refractivity contribution is -0.0207. The zero-order valence-electron chi connectivity index (χ0n) is 7.44. The maximum Gasteiger partial charge on any atom is 0.0623 e. The average Bonchev–Trinajstić information content (AvgIpc) is 1.89. The Balaban J connectivity index is 3.28. The lowest BCUT2D eigenvalue weighted by Gasteiger charge is -2.23. The van der Waals surface area contributed by atoms with E-state index in [0.29, 0.717) is 0 Å². The minimum atomic E-state index is 0.0647. The molecule has 1 nitrogen and oxygen atoms in total. The van der Waals surface area contributed by atoms with E-state index in [0.717, 1.165) is 25.9 Å². The van der Waals surface area contributed by atoms with Crippen LogP contribution in [0.4, 0.5) is 0 Å². The first-order valence-corrected chi connectivity index (χ1v) is 4.05. The van der Waals surface area contributed by atoms with Gasteiger partial charge in [-0.1, -0.05) is 20.3 Å². The van der Waals surface area contributed by atoms with E-state index in [1.54, 1.807) is 0 Å². The van der Waals surface area contributed by atoms with E-state index < -0.39 is 0 Å². The van der Waals surface area contributed by atoms with Crippen LogP contribution >= 0.6 is 0 Å². The molecule has 0 aromatic heterocycles. The zero-order chi connectivity index (χ0) is 8.04. The van der Waals surface area contributed by atoms with Gasteiger partial charge in [0.25, 0.3) is 0 Å². The number of hydrogen-bond donors (Lipinski definition) is 0. The van der Waals surface area contributed by atoms with Crippen LogP contribution in [0.25, 0.3) is 0 Å². The van der Waals surface area contributed by atoms with Gasteiger partial charge in [0.05, 0.1) is 5.60 Å². The monoisotopic (exact) mass is 143 g/mol. The maximum absolute atomic E-state index is 5.58. The summed E-state index contributed by atoms with van der Waals surface area (Å²) in [6.45, 7) is 11.0. The molecule has 0 saturated heterocycles. The van der Waals surface area contributed by atoms with Crippen molar-refractivity contribution in [3.63, 3.8) is 0 Å². The molecule has 0 heterocycles. The van der Waals surface area contributed by atoms with Crippen LogP contribution in [0.5, 0.6) is 0 Å². The SMILES string of the molecule is [CH2]CCCOC(C)(C)CC. The van der Waals surface area contributed by atoms with Crippen molar-refractivity contribution in [1.82, 2.24) is 0 Å². The van der Waals surface area contributed by atoms with Gasteiger partial charge in [-0.2, -0.15) is 0 Å². The van der Waals surface area contributed by atoms with Crippen LogP contribution in [-0.4, -0.2) is 12.2 Å². The summed E-state index contributed by atoms with van der Waals surface area (Å²) in [5.41, 5.74) is 0.0647. The predicted molar refractivity (Wildman–Crippen MR) is 44.9 cm³/mol. The first-order chi connectivity index (χ1) is 4.62. The third-order valence-electron chi connectivity index (χ3n) is 1.74. The number of rotatable bonds is 5. The van der Waals surface area contributed by atoms with Crippen LogP contribution in [0.1, 0.15) is 40.0 Å². The molecule has 0 aliphatic carbocycles. The van der Waals surface area contributed by atoms with E-state index in [1.165, 1.54) is 0 Å². The summed E-state index contributed by atoms with van der Waals surface area (Å²) in [6.07, 6.45) is 3.12. The van der Waals surface area contributed by atoms with Crippen LogP contribution in [0.2, 0.25) is 0 Å². The molecule has 0 rings (SSSR count). The molecule has 0 amide bonds. The molecule has 0 aliphatic rings. The van der Waals surface area contributed by atoms with Gasteiger partial charge in [0.1, 0.15) is 0 Å². The van der Waals surface area contributed by atoms with Crippen LogP contribution in [0.3, 0.4) is 0 Å². The minimum Gasteiger partial charge on any atom is -0.376 e. The summed E-state index contributed by atoms with van der Waals surface area (Å²) in [5, 5.41) is 0. The van der Waals surface area contributed by atoms with Crippen molar-refractivity contribution in [3.8, 4) is 0 Å². The van der Waals surface area contributed by atoms with Gasteiger partial charge in [0.15, 0.2) is 0 Å². The first kappa shape index (κ1) is 9.96. The summed E-state index contributed by atoms with van der Waals surface area (Å²) >= 11 is 0. The molecule has 0 N–H and O–H groups in total. The molecule has 0 aromatic rings. The quantitative estimate of drug-likeness (QED) is 0.538. The Morgan fingerprint density at radius 1 is 1.40 bits per heavy atom. The molecule has 0 unspecified atom stereocenters. The summed E-state index contributed by atoms with van der Waals surface area (Å²) in [5.74, 6) is 0. The van der Waals surface area contributed by atoms with Gasteiger partial charge in [-0.15, -0.1) is 0 Å². The van der Waals surface area contributed by atoms with Gasteiger partial charge in [-0.25, -0.2) is 0 Å². The molecule has 0 aromatic carbocycles. The highest BCUT2D eigenvalue weighted by Crippen LogP contribution is 2.13. The van der Waals surface area contributed by atoms with Crippen LogP contribution in [-0.2, 0) is 4.74 Å². The van der Waals surface area contributed by atoms with Crippen molar-refractivity contribution in [3.05, 3.63) is 6.92 Å². The molecular weight excluding hydrogens is 124 g/mol. The van der Waals surface area contributed by atoms with E-state index in [4.69, 9.17) is 4.74 Å². The molecule has 0 spiro atoms. The highest BCUT2D eigenvalue weighted by molar-refractivity contribution is 4.64. The van der Waals surface area contributed by atoms with Gasteiger partial charge in [0.2, 0.25) is 0 Å². The average molecular weight is 143 g/mol. The lowest BCUT2D eigenvalue weighted by atomic mass is 10.1. The van der Waals surface area contributed by atoms with Crippen molar-refractivity contribution < 1.29 is 4.74 Å². The van der Waals surface area contributed by atoms with E-state index in [9.17, 15) is 0 Å². The molecule has 0 bridgehead atoms. The van der Waals surface area contributed by atoms with Crippen LogP contribution < -0.4 is 0 Å². The van der Waals surface area contributed by atoms with Gasteiger partial charge in [-0.3, -0.25) is 0 Å². The van der Waals surface area contributed by atoms with Crippen molar-refractivity contribution >= 4 is 0 Å². The highest BCUT2D eigenvalue weighted by atomic mass is 16.5. The molecule has 0 fully saturated rings. The van der Waals surface area contributed by atoms with Crippen LogP contribution in [0, 0.1) is 6.92 Å². The second kappa shape index (κ2) is 4.73. The Morgan fingerprint density at radius 3 is 2.40 bits per heavy atom. The van der Waals surface area contributed by atoms with Gasteiger partial charge in [-0.05, 0) is 26.7 Å². The molecular formula is C9H19O. The molecule has 1 radical (unpaired) electrons. The van der Waals surface area contributed by atoms with E-state index >= 15 is 0 Å². The Morgan fingerprint density at radius 2 is 2.00 bits per heavy atom. The Bertz CT molecular complexity index is 76.8. The Labute approximate surface area is 64.8 Å². The van der Waals surface area contributed by atoms with Crippen LogP contribution in [0.15, 0.2) is 0 Å². The maximum atomic E-state index is 5.58. The van der Waals surface area contributed by atoms with E-state index in [2.05, 4.69) is 27.7 Å². The zero-order valence-corrected chi connectivity index (χ0v) is 7.44. The van der Waals surface area contributed by atoms with Gasteiger partial charge >= 0.3 is 0 Å². The molecule has 0 saturated carbocycles. The number of hydrogen-bond acceptors (Lipinski definition) is 1. The van der Waals surface area contributed by atoms with E-state index in [1.807, 2.05) is 0 Å². The Hall–Kier alpha value is -0.0400. The Kier molecular flexibility index (Phi) is 4.71. The third kappa shape index (κ3) is 4.80. The van der Waals surface area contributed by atoms with Gasteiger partial charge in [0, 0.05) is 6.61 Å². The summed E-state index contributed by atoms with van der Waals surface area (Å²) < 4.78 is 5.58. The predicted octanol–water partition coefficient (Wildman–Crippen LogP) is 2.81. The lowest BCUT2D eigenvalue weighted by Crippen LogP contribution is -2.23. The summed E-state index contributed by atoms with van der Waals surface area (Å²) in [4.78, 5) is 0. The summed E-state index contributed by atoms with van der Waals surface area (Å²) in [6, 6.07) is 0. The standard InChI is InChI=1S/C9H19O/c1-5-7-8-10-9(3,4)6-2/h1,5-8H2,2-4H3. The molecule has 1 heteroatoms. The fourth-order valence-electron chi connectivity index (χ4n) is 0.553. The van der Waals surface area contributed by atoms with Crippen molar-refractivity contribution in [2.45, 2.75) is 45.6 Å². The molecule has 0 aliphatic heterocycles. The van der Waals surface area contributed by atoms with Crippen molar-refractivity contribution in [2.75, 3.05) is 6.61 Å². The molecule has 10 heavy (non-hydrogen) atoms. The van der Waals surface area contributed by atoms with E-state index in [-0.39, 0.29) is 5.60 Å². The minimum absolute atomic E-state index is 0.0647. The first-order valence-electron chi connectivity index (χ1n) is 4.05. The van der Waals surface area contributed by atoms with Crippen molar-refractivity contribution in [1.29, 1.82) is 0 Å². The smallest absolute Gasteiger partial charge is 0.0623 e. The second-order valence-corrected chi connectivity index (χ2v) is 3.17. The topological polar surface area (TPSA) is 9.23 Å². The third-order valence-corrected chi connectivity index (χ3v) is 1.74. The fraction of sp³-hybridized carbons (Fsp3) is 0.889. The largest absolute Gasteiger partial charge is 0.376 e. The van der Waals surface area contributed by atoms with Crippen molar-refractivity contribution in [2.24, 2.45) is 0 Å².